The number of nitrogens with zero attached hydrogens (tertiary/aromatic N) is 2. The molecule has 13 rings (SSSR count). The van der Waals surface area contributed by atoms with Crippen molar-refractivity contribution in [2.75, 3.05) is 0 Å². The molecule has 11 aromatic rings. The molecule has 2 aliphatic carbocycles. The van der Waals surface area contributed by atoms with Crippen molar-refractivity contribution < 1.29 is 0 Å². The fourth-order valence-corrected chi connectivity index (χ4v) is 10.7. The molecular formula is C56H34N2. The largest absolute Gasteiger partial charge is 0.292 e. The van der Waals surface area contributed by atoms with E-state index in [-0.39, 0.29) is 0 Å². The first-order valence-corrected chi connectivity index (χ1v) is 20.1. The van der Waals surface area contributed by atoms with Crippen LogP contribution < -0.4 is 0 Å². The van der Waals surface area contributed by atoms with Crippen LogP contribution in [0.15, 0.2) is 206 Å². The Morgan fingerprint density at radius 1 is 0.379 bits per heavy atom. The Hall–Kier alpha value is -7.55. The molecule has 0 fully saturated rings. The van der Waals surface area contributed by atoms with Crippen molar-refractivity contribution in [2.45, 2.75) is 5.41 Å². The van der Waals surface area contributed by atoms with E-state index in [4.69, 9.17) is 4.98 Å². The maximum Gasteiger partial charge on any atom is 0.145 e. The highest BCUT2D eigenvalue weighted by Crippen LogP contribution is 2.66. The standard InChI is InChI=1S/C56H34N2/c1-2-15-35(16-3-1)55-57-50-27-12-13-28-51(50)58(55)39-18-14-17-36(34-39)37-29-31-40-38(33-37)30-32-47-52-45-23-6-4-19-41(45)42-20-5-7-24-46(42)54(52)56(53(40)47)48-25-10-8-21-43(48)44-22-9-11-26-49(44)56/h1-34H. The molecule has 0 unspecified atom stereocenters. The van der Waals surface area contributed by atoms with Crippen LogP contribution in [0.2, 0.25) is 0 Å². The maximum atomic E-state index is 5.12. The van der Waals surface area contributed by atoms with Crippen LogP contribution >= 0.6 is 0 Å². The maximum absolute atomic E-state index is 5.12. The van der Waals surface area contributed by atoms with E-state index in [1.54, 1.807) is 0 Å². The molecule has 0 saturated heterocycles. The van der Waals surface area contributed by atoms with Gasteiger partial charge in [-0.1, -0.05) is 176 Å². The zero-order valence-corrected chi connectivity index (χ0v) is 31.5. The van der Waals surface area contributed by atoms with E-state index in [1.807, 2.05) is 0 Å². The molecule has 58 heavy (non-hydrogen) atoms. The third-order valence-electron chi connectivity index (χ3n) is 13.0. The van der Waals surface area contributed by atoms with Crippen molar-refractivity contribution in [1.82, 2.24) is 9.55 Å². The second kappa shape index (κ2) is 11.7. The average Bonchev–Trinajstić information content (AvgIpc) is 3.94. The summed E-state index contributed by atoms with van der Waals surface area (Å²) >= 11 is 0. The molecule has 2 nitrogen and oxygen atoms in total. The quantitative estimate of drug-likeness (QED) is 0.165. The van der Waals surface area contributed by atoms with Gasteiger partial charge in [-0.3, -0.25) is 4.57 Å². The second-order valence-corrected chi connectivity index (χ2v) is 15.8. The third kappa shape index (κ3) is 4.08. The minimum Gasteiger partial charge on any atom is -0.292 e. The molecule has 1 spiro atoms. The predicted molar refractivity (Wildman–Crippen MR) is 241 cm³/mol. The topological polar surface area (TPSA) is 17.8 Å². The van der Waals surface area contributed by atoms with Crippen LogP contribution in [-0.4, -0.2) is 9.55 Å². The zero-order valence-electron chi connectivity index (χ0n) is 31.5. The Labute approximate surface area is 335 Å². The summed E-state index contributed by atoms with van der Waals surface area (Å²) in [7, 11) is 0. The lowest BCUT2D eigenvalue weighted by atomic mass is 9.68. The number of para-hydroxylation sites is 2. The highest BCUT2D eigenvalue weighted by molar-refractivity contribution is 6.21. The van der Waals surface area contributed by atoms with Gasteiger partial charge < -0.3 is 0 Å². The van der Waals surface area contributed by atoms with Crippen molar-refractivity contribution in [3.05, 3.63) is 229 Å². The van der Waals surface area contributed by atoms with Crippen LogP contribution in [0.3, 0.4) is 0 Å². The highest BCUT2D eigenvalue weighted by Gasteiger charge is 2.53. The Morgan fingerprint density at radius 2 is 1.00 bits per heavy atom. The molecule has 2 heteroatoms. The molecule has 268 valence electrons. The van der Waals surface area contributed by atoms with E-state index >= 15 is 0 Å². The van der Waals surface area contributed by atoms with Crippen molar-refractivity contribution in [3.63, 3.8) is 0 Å². The van der Waals surface area contributed by atoms with Crippen LogP contribution in [0.5, 0.6) is 0 Å². The Bertz CT molecular complexity index is 3470. The van der Waals surface area contributed by atoms with Gasteiger partial charge in [-0.25, -0.2) is 4.98 Å². The second-order valence-electron chi connectivity index (χ2n) is 15.8. The van der Waals surface area contributed by atoms with Gasteiger partial charge in [0.05, 0.1) is 16.4 Å². The monoisotopic (exact) mass is 734 g/mol. The van der Waals surface area contributed by atoms with Crippen molar-refractivity contribution in [1.29, 1.82) is 0 Å². The van der Waals surface area contributed by atoms with Crippen LogP contribution in [0, 0.1) is 0 Å². The Kier molecular flexibility index (Phi) is 6.40. The van der Waals surface area contributed by atoms with E-state index in [1.165, 1.54) is 88.0 Å². The Morgan fingerprint density at radius 3 is 1.79 bits per heavy atom. The SMILES string of the molecule is c1ccc(-c2nc3ccccc3n2-c2cccc(-c3ccc4c5c(ccc4c3)-c3c(c4ccccc4c4ccccc34)C53c4ccccc4-c4ccccc43)c2)cc1. The summed E-state index contributed by atoms with van der Waals surface area (Å²) in [6.07, 6.45) is 0. The molecule has 0 bridgehead atoms. The number of rotatable bonds is 3. The smallest absolute Gasteiger partial charge is 0.145 e. The van der Waals surface area contributed by atoms with Crippen LogP contribution in [0.4, 0.5) is 0 Å². The molecular weight excluding hydrogens is 701 g/mol. The highest BCUT2D eigenvalue weighted by atomic mass is 15.1. The zero-order chi connectivity index (χ0) is 38.0. The van der Waals surface area contributed by atoms with Gasteiger partial charge in [0.25, 0.3) is 0 Å². The van der Waals surface area contributed by atoms with Gasteiger partial charge in [-0.2, -0.15) is 0 Å². The van der Waals surface area contributed by atoms with Crippen LogP contribution in [0.1, 0.15) is 22.3 Å². The lowest BCUT2D eigenvalue weighted by molar-refractivity contribution is 0.809. The first-order valence-electron chi connectivity index (χ1n) is 20.1. The fraction of sp³-hybridized carbons (Fsp3) is 0.0179. The van der Waals surface area contributed by atoms with Crippen molar-refractivity contribution in [3.8, 4) is 50.5 Å². The van der Waals surface area contributed by atoms with Crippen LogP contribution in [-0.2, 0) is 5.41 Å². The molecule has 0 radical (unpaired) electrons. The summed E-state index contributed by atoms with van der Waals surface area (Å²) in [6.45, 7) is 0. The first kappa shape index (κ1) is 31.6. The number of benzene rings is 10. The summed E-state index contributed by atoms with van der Waals surface area (Å²) in [4.78, 5) is 5.12. The normalized spacial score (nSPS) is 13.3. The average molecular weight is 735 g/mol. The van der Waals surface area contributed by atoms with Gasteiger partial charge in [0, 0.05) is 11.3 Å². The van der Waals surface area contributed by atoms with Crippen molar-refractivity contribution >= 4 is 43.4 Å². The number of imidazole rings is 1. The summed E-state index contributed by atoms with van der Waals surface area (Å²) in [5.41, 5.74) is 17.0. The lowest BCUT2D eigenvalue weighted by Crippen LogP contribution is -2.26. The van der Waals surface area contributed by atoms with Gasteiger partial charge in [-0.05, 0) is 118 Å². The lowest BCUT2D eigenvalue weighted by Gasteiger charge is -2.32. The predicted octanol–water partition coefficient (Wildman–Crippen LogP) is 14.2. The van der Waals surface area contributed by atoms with E-state index < -0.39 is 5.41 Å². The van der Waals surface area contributed by atoms with Gasteiger partial charge in [0.2, 0.25) is 0 Å². The molecule has 2 aliphatic rings. The van der Waals surface area contributed by atoms with Gasteiger partial charge >= 0.3 is 0 Å². The Balaban J connectivity index is 1.08. The van der Waals surface area contributed by atoms with E-state index in [0.29, 0.717) is 0 Å². The number of hydrogen-bond acceptors (Lipinski definition) is 1. The number of aromatic nitrogens is 2. The molecule has 1 aromatic heterocycles. The van der Waals surface area contributed by atoms with E-state index in [9.17, 15) is 0 Å². The third-order valence-corrected chi connectivity index (χ3v) is 13.0. The molecule has 0 amide bonds. The molecule has 0 aliphatic heterocycles. The number of fused-ring (bicyclic) bond motifs is 18. The minimum absolute atomic E-state index is 0.487. The molecule has 0 saturated carbocycles. The van der Waals surface area contributed by atoms with Gasteiger partial charge in [-0.15, -0.1) is 0 Å². The summed E-state index contributed by atoms with van der Waals surface area (Å²) in [5.74, 6) is 0.940. The summed E-state index contributed by atoms with van der Waals surface area (Å²) < 4.78 is 2.30. The van der Waals surface area contributed by atoms with Crippen molar-refractivity contribution in [2.24, 2.45) is 0 Å². The van der Waals surface area contributed by atoms with Crippen LogP contribution in [0.25, 0.3) is 93.8 Å². The fourth-order valence-electron chi connectivity index (χ4n) is 10.7. The molecule has 10 aromatic carbocycles. The summed E-state index contributed by atoms with van der Waals surface area (Å²) in [5, 5.41) is 7.77. The van der Waals surface area contributed by atoms with Gasteiger partial charge in [0.15, 0.2) is 0 Å². The summed E-state index contributed by atoms with van der Waals surface area (Å²) in [6, 6.07) is 76.2. The molecule has 1 heterocycles. The van der Waals surface area contributed by atoms with Gasteiger partial charge in [0.1, 0.15) is 5.82 Å². The minimum atomic E-state index is -0.487. The molecule has 0 N–H and O–H groups in total. The number of hydrogen-bond donors (Lipinski definition) is 0. The van der Waals surface area contributed by atoms with E-state index in [2.05, 4.69) is 211 Å². The van der Waals surface area contributed by atoms with E-state index in [0.717, 1.165) is 28.1 Å². The molecule has 0 atom stereocenters. The first-order chi connectivity index (χ1) is 28.8.